The van der Waals surface area contributed by atoms with E-state index in [4.69, 9.17) is 9.47 Å². The summed E-state index contributed by atoms with van der Waals surface area (Å²) in [6.45, 7) is 8.94. The lowest BCUT2D eigenvalue weighted by atomic mass is 10.3. The highest BCUT2D eigenvalue weighted by Crippen LogP contribution is 2.18. The molecule has 2 N–H and O–H groups in total. The summed E-state index contributed by atoms with van der Waals surface area (Å²) < 4.78 is 10.9. The van der Waals surface area contributed by atoms with Gasteiger partial charge in [-0.2, -0.15) is 0 Å². The highest BCUT2D eigenvalue weighted by Gasteiger charge is 2.03. The minimum absolute atomic E-state index is 0.544. The summed E-state index contributed by atoms with van der Waals surface area (Å²) in [4.78, 5) is 10.4. The molecule has 7 heteroatoms. The van der Waals surface area contributed by atoms with Gasteiger partial charge in [0, 0.05) is 30.5 Å². The Labute approximate surface area is 159 Å². The molecule has 0 unspecified atom stereocenters. The minimum atomic E-state index is 0.544. The zero-order valence-corrected chi connectivity index (χ0v) is 16.8. The van der Waals surface area contributed by atoms with Crippen LogP contribution in [0.4, 0.5) is 0 Å². The van der Waals surface area contributed by atoms with Crippen molar-refractivity contribution in [3.05, 3.63) is 39.8 Å². The SMILES string of the molecule is CCNC(=NCCc1nc(C)c(C)s1)NCCOc1cccc(OC)c1. The number of benzene rings is 1. The number of hydrogen-bond donors (Lipinski definition) is 2. The quantitative estimate of drug-likeness (QED) is 0.400. The van der Waals surface area contributed by atoms with E-state index in [0.717, 1.165) is 41.1 Å². The highest BCUT2D eigenvalue weighted by molar-refractivity contribution is 7.11. The fraction of sp³-hybridized carbons (Fsp3) is 0.474. The lowest BCUT2D eigenvalue weighted by Gasteiger charge is -2.12. The van der Waals surface area contributed by atoms with E-state index in [2.05, 4.69) is 34.5 Å². The Morgan fingerprint density at radius 2 is 2.04 bits per heavy atom. The Balaban J connectivity index is 1.75. The zero-order valence-electron chi connectivity index (χ0n) is 16.0. The molecular weight excluding hydrogens is 348 g/mol. The summed E-state index contributed by atoms with van der Waals surface area (Å²) >= 11 is 1.75. The third kappa shape index (κ3) is 6.55. The third-order valence-corrected chi connectivity index (χ3v) is 4.85. The van der Waals surface area contributed by atoms with E-state index in [0.29, 0.717) is 19.7 Å². The fourth-order valence-electron chi connectivity index (χ4n) is 2.28. The summed E-state index contributed by atoms with van der Waals surface area (Å²) in [6, 6.07) is 7.60. The zero-order chi connectivity index (χ0) is 18.8. The molecule has 2 aromatic rings. The van der Waals surface area contributed by atoms with Crippen LogP contribution in [0.5, 0.6) is 11.5 Å². The van der Waals surface area contributed by atoms with Crippen LogP contribution in [-0.2, 0) is 6.42 Å². The van der Waals surface area contributed by atoms with E-state index >= 15 is 0 Å². The van der Waals surface area contributed by atoms with E-state index in [1.165, 1.54) is 4.88 Å². The summed E-state index contributed by atoms with van der Waals surface area (Å²) in [5, 5.41) is 7.68. The Kier molecular flexibility index (Phi) is 8.21. The first-order valence-electron chi connectivity index (χ1n) is 8.84. The van der Waals surface area contributed by atoms with Crippen LogP contribution >= 0.6 is 11.3 Å². The summed E-state index contributed by atoms with van der Waals surface area (Å²) in [5.74, 6) is 2.38. The number of aryl methyl sites for hydroxylation is 2. The van der Waals surface area contributed by atoms with Gasteiger partial charge < -0.3 is 20.1 Å². The molecule has 0 aliphatic carbocycles. The van der Waals surface area contributed by atoms with Gasteiger partial charge in [-0.15, -0.1) is 11.3 Å². The summed E-state index contributed by atoms with van der Waals surface area (Å²) in [5.41, 5.74) is 1.12. The third-order valence-electron chi connectivity index (χ3n) is 3.72. The van der Waals surface area contributed by atoms with Crippen molar-refractivity contribution in [2.75, 3.05) is 33.4 Å². The molecule has 6 nitrogen and oxygen atoms in total. The van der Waals surface area contributed by atoms with Gasteiger partial charge in [-0.05, 0) is 32.9 Å². The second kappa shape index (κ2) is 10.7. The second-order valence-electron chi connectivity index (χ2n) is 5.71. The number of aliphatic imine (C=N–C) groups is 1. The molecule has 0 radical (unpaired) electrons. The van der Waals surface area contributed by atoms with E-state index in [9.17, 15) is 0 Å². The molecule has 0 fully saturated rings. The maximum Gasteiger partial charge on any atom is 0.191 e. The lowest BCUT2D eigenvalue weighted by Crippen LogP contribution is -2.39. The largest absolute Gasteiger partial charge is 0.497 e. The van der Waals surface area contributed by atoms with Gasteiger partial charge in [-0.3, -0.25) is 4.99 Å². The summed E-state index contributed by atoms with van der Waals surface area (Å²) in [7, 11) is 1.65. The molecule has 0 aliphatic heterocycles. The van der Waals surface area contributed by atoms with Gasteiger partial charge in [0.05, 0.1) is 24.4 Å². The van der Waals surface area contributed by atoms with Crippen LogP contribution in [0.25, 0.3) is 0 Å². The first kappa shape index (κ1) is 20.0. The molecule has 26 heavy (non-hydrogen) atoms. The molecule has 1 aromatic heterocycles. The number of thiazole rings is 1. The molecule has 0 spiro atoms. The molecule has 1 aromatic carbocycles. The van der Waals surface area contributed by atoms with Crippen LogP contribution in [0, 0.1) is 13.8 Å². The molecule has 142 valence electrons. The van der Waals surface area contributed by atoms with E-state index in [-0.39, 0.29) is 0 Å². The van der Waals surface area contributed by atoms with Crippen molar-refractivity contribution >= 4 is 17.3 Å². The fourth-order valence-corrected chi connectivity index (χ4v) is 3.20. The normalized spacial score (nSPS) is 11.3. The second-order valence-corrected chi connectivity index (χ2v) is 7.00. The number of nitrogens with one attached hydrogen (secondary N) is 2. The number of rotatable bonds is 9. The molecule has 0 atom stereocenters. The molecular formula is C19H28N4O2S. The van der Waals surface area contributed by atoms with Gasteiger partial charge in [-0.1, -0.05) is 6.07 Å². The number of ether oxygens (including phenoxy) is 2. The van der Waals surface area contributed by atoms with Crippen LogP contribution in [0.2, 0.25) is 0 Å². The number of guanidine groups is 1. The van der Waals surface area contributed by atoms with Crippen LogP contribution in [0.3, 0.4) is 0 Å². The predicted molar refractivity (Wildman–Crippen MR) is 108 cm³/mol. The average Bonchev–Trinajstić information content (AvgIpc) is 2.96. The molecule has 0 amide bonds. The predicted octanol–water partition coefficient (Wildman–Crippen LogP) is 2.95. The molecule has 0 saturated heterocycles. The lowest BCUT2D eigenvalue weighted by molar-refractivity contribution is 0.319. The maximum atomic E-state index is 5.73. The highest BCUT2D eigenvalue weighted by atomic mass is 32.1. The standard InChI is InChI=1S/C19H28N4O2S/c1-5-20-19(21-10-9-18-23-14(2)15(3)26-18)22-11-12-25-17-8-6-7-16(13-17)24-4/h6-8,13H,5,9-12H2,1-4H3,(H2,20,21,22). The van der Waals surface area contributed by atoms with Gasteiger partial charge >= 0.3 is 0 Å². The monoisotopic (exact) mass is 376 g/mol. The number of hydrogen-bond acceptors (Lipinski definition) is 5. The number of methoxy groups -OCH3 is 1. The average molecular weight is 377 g/mol. The Hall–Kier alpha value is -2.28. The Morgan fingerprint density at radius 1 is 1.23 bits per heavy atom. The van der Waals surface area contributed by atoms with Crippen molar-refractivity contribution < 1.29 is 9.47 Å². The Bertz CT molecular complexity index is 696. The van der Waals surface area contributed by atoms with Crippen LogP contribution in [0.15, 0.2) is 29.3 Å². The van der Waals surface area contributed by atoms with Crippen LogP contribution in [-0.4, -0.2) is 44.3 Å². The van der Waals surface area contributed by atoms with Gasteiger partial charge in [-0.25, -0.2) is 4.98 Å². The van der Waals surface area contributed by atoms with Crippen molar-refractivity contribution in [2.45, 2.75) is 27.2 Å². The maximum absolute atomic E-state index is 5.73. The number of aromatic nitrogens is 1. The molecule has 0 aliphatic rings. The molecule has 1 heterocycles. The van der Waals surface area contributed by atoms with Crippen molar-refractivity contribution in [3.63, 3.8) is 0 Å². The first-order chi connectivity index (χ1) is 12.6. The Morgan fingerprint density at radius 3 is 2.73 bits per heavy atom. The van der Waals surface area contributed by atoms with Gasteiger partial charge in [0.15, 0.2) is 5.96 Å². The van der Waals surface area contributed by atoms with Gasteiger partial charge in [0.2, 0.25) is 0 Å². The van der Waals surface area contributed by atoms with Gasteiger partial charge in [0.1, 0.15) is 18.1 Å². The minimum Gasteiger partial charge on any atom is -0.497 e. The number of nitrogens with zero attached hydrogens (tertiary/aromatic N) is 2. The van der Waals surface area contributed by atoms with Crippen LogP contribution < -0.4 is 20.1 Å². The smallest absolute Gasteiger partial charge is 0.191 e. The van der Waals surface area contributed by atoms with E-state index in [1.807, 2.05) is 31.2 Å². The topological polar surface area (TPSA) is 67.8 Å². The summed E-state index contributed by atoms with van der Waals surface area (Å²) in [6.07, 6.45) is 0.857. The van der Waals surface area contributed by atoms with Crippen molar-refractivity contribution in [3.8, 4) is 11.5 Å². The van der Waals surface area contributed by atoms with E-state index < -0.39 is 0 Å². The van der Waals surface area contributed by atoms with Crippen molar-refractivity contribution in [1.29, 1.82) is 0 Å². The molecule has 0 saturated carbocycles. The van der Waals surface area contributed by atoms with Gasteiger partial charge in [0.25, 0.3) is 0 Å². The first-order valence-corrected chi connectivity index (χ1v) is 9.66. The molecule has 2 rings (SSSR count). The van der Waals surface area contributed by atoms with E-state index in [1.54, 1.807) is 18.4 Å². The molecule has 0 bridgehead atoms. The van der Waals surface area contributed by atoms with Crippen molar-refractivity contribution in [2.24, 2.45) is 4.99 Å². The van der Waals surface area contributed by atoms with Crippen LogP contribution in [0.1, 0.15) is 22.5 Å². The van der Waals surface area contributed by atoms with Crippen molar-refractivity contribution in [1.82, 2.24) is 15.6 Å².